The summed E-state index contributed by atoms with van der Waals surface area (Å²) < 4.78 is 5.48. The Morgan fingerprint density at radius 1 is 1.22 bits per heavy atom. The van der Waals surface area contributed by atoms with Gasteiger partial charge in [-0.15, -0.1) is 0 Å². The second-order valence-corrected chi connectivity index (χ2v) is 6.32. The second-order valence-electron chi connectivity index (χ2n) is 5.89. The molecule has 1 fully saturated rings. The van der Waals surface area contributed by atoms with Gasteiger partial charge in [-0.05, 0) is 31.5 Å². The first-order chi connectivity index (χ1) is 11.2. The summed E-state index contributed by atoms with van der Waals surface area (Å²) in [6.45, 7) is 6.07. The maximum absolute atomic E-state index is 6.15. The van der Waals surface area contributed by atoms with E-state index in [-0.39, 0.29) is 0 Å². The third-order valence-corrected chi connectivity index (χ3v) is 4.57. The van der Waals surface area contributed by atoms with Crippen LogP contribution in [0.25, 0.3) is 11.3 Å². The highest BCUT2D eigenvalue weighted by atomic mass is 35.5. The molecule has 0 spiro atoms. The summed E-state index contributed by atoms with van der Waals surface area (Å²) in [6.07, 6.45) is 0.897. The largest absolute Gasteiger partial charge is 0.384 e. The molecule has 1 N–H and O–H groups in total. The Morgan fingerprint density at radius 3 is 2.87 bits per heavy atom. The Morgan fingerprint density at radius 2 is 2.04 bits per heavy atom. The SMILES string of the molecule is Cc1nc2c(c(N3CCOCC3)n1)CCNc1cc(Cl)ccc1-2. The molecule has 3 heterocycles. The summed E-state index contributed by atoms with van der Waals surface area (Å²) in [7, 11) is 0. The van der Waals surface area contributed by atoms with Crippen LogP contribution in [-0.4, -0.2) is 42.8 Å². The third kappa shape index (κ3) is 2.75. The van der Waals surface area contributed by atoms with Gasteiger partial charge in [0.2, 0.25) is 0 Å². The number of nitrogens with one attached hydrogen (secondary N) is 1. The Hall–Kier alpha value is -1.85. The smallest absolute Gasteiger partial charge is 0.136 e. The van der Waals surface area contributed by atoms with E-state index in [0.717, 1.165) is 72.9 Å². The highest BCUT2D eigenvalue weighted by Crippen LogP contribution is 2.37. The molecule has 23 heavy (non-hydrogen) atoms. The van der Waals surface area contributed by atoms with E-state index in [1.54, 1.807) is 0 Å². The minimum absolute atomic E-state index is 0.735. The number of ether oxygens (including phenoxy) is 1. The fourth-order valence-electron chi connectivity index (χ4n) is 3.26. The standard InChI is InChI=1S/C17H19ClN4O/c1-11-20-16-13-3-2-12(18)10-15(13)19-5-4-14(16)17(21-11)22-6-8-23-9-7-22/h2-3,10,19H,4-9H2,1H3. The molecule has 0 unspecified atom stereocenters. The zero-order valence-corrected chi connectivity index (χ0v) is 13.9. The van der Waals surface area contributed by atoms with Crippen molar-refractivity contribution in [2.45, 2.75) is 13.3 Å². The van der Waals surface area contributed by atoms with Gasteiger partial charge in [0.1, 0.15) is 11.6 Å². The van der Waals surface area contributed by atoms with Crippen LogP contribution < -0.4 is 10.2 Å². The van der Waals surface area contributed by atoms with Crippen LogP contribution >= 0.6 is 11.6 Å². The molecule has 0 radical (unpaired) electrons. The fraction of sp³-hybridized carbons (Fsp3) is 0.412. The lowest BCUT2D eigenvalue weighted by Gasteiger charge is -2.30. The quantitative estimate of drug-likeness (QED) is 0.871. The minimum atomic E-state index is 0.735. The maximum atomic E-state index is 6.15. The van der Waals surface area contributed by atoms with E-state index < -0.39 is 0 Å². The molecule has 1 aromatic carbocycles. The molecule has 2 aromatic rings. The summed E-state index contributed by atoms with van der Waals surface area (Å²) in [5, 5.41) is 4.20. The number of rotatable bonds is 1. The fourth-order valence-corrected chi connectivity index (χ4v) is 3.43. The first-order valence-electron chi connectivity index (χ1n) is 7.96. The van der Waals surface area contributed by atoms with Gasteiger partial charge in [0.05, 0.1) is 18.9 Å². The zero-order chi connectivity index (χ0) is 15.8. The maximum Gasteiger partial charge on any atom is 0.136 e. The lowest BCUT2D eigenvalue weighted by molar-refractivity contribution is 0.122. The van der Waals surface area contributed by atoms with Gasteiger partial charge < -0.3 is 15.0 Å². The average Bonchev–Trinajstić information content (AvgIpc) is 2.74. The van der Waals surface area contributed by atoms with Gasteiger partial charge in [0.15, 0.2) is 0 Å². The van der Waals surface area contributed by atoms with Crippen LogP contribution in [0.5, 0.6) is 0 Å². The van der Waals surface area contributed by atoms with Crippen molar-refractivity contribution in [3.8, 4) is 11.3 Å². The van der Waals surface area contributed by atoms with Gasteiger partial charge in [-0.3, -0.25) is 0 Å². The van der Waals surface area contributed by atoms with Gasteiger partial charge in [-0.25, -0.2) is 9.97 Å². The Bertz CT molecular complexity index is 744. The van der Waals surface area contributed by atoms with E-state index in [4.69, 9.17) is 26.3 Å². The van der Waals surface area contributed by atoms with Crippen molar-refractivity contribution in [2.24, 2.45) is 0 Å². The number of benzene rings is 1. The monoisotopic (exact) mass is 330 g/mol. The van der Waals surface area contributed by atoms with Gasteiger partial charge in [-0.2, -0.15) is 0 Å². The van der Waals surface area contributed by atoms with Crippen LogP contribution in [0.15, 0.2) is 18.2 Å². The average molecular weight is 331 g/mol. The van der Waals surface area contributed by atoms with Crippen LogP contribution in [0.3, 0.4) is 0 Å². The number of hydrogen-bond donors (Lipinski definition) is 1. The number of hydrogen-bond acceptors (Lipinski definition) is 5. The molecule has 1 saturated heterocycles. The molecule has 0 bridgehead atoms. The van der Waals surface area contributed by atoms with Crippen molar-refractivity contribution in [2.75, 3.05) is 43.1 Å². The predicted octanol–water partition coefficient (Wildman–Crippen LogP) is 2.91. The molecule has 2 aliphatic heterocycles. The Labute approximate surface area is 140 Å². The van der Waals surface area contributed by atoms with Gasteiger partial charge >= 0.3 is 0 Å². The van der Waals surface area contributed by atoms with Crippen molar-refractivity contribution in [3.63, 3.8) is 0 Å². The molecule has 4 rings (SSSR count). The molecular formula is C17H19ClN4O. The lowest BCUT2D eigenvalue weighted by atomic mass is 10.0. The number of aromatic nitrogens is 2. The number of anilines is 2. The number of nitrogens with zero attached hydrogens (tertiary/aromatic N) is 3. The van der Waals surface area contributed by atoms with Gasteiger partial charge in [0.25, 0.3) is 0 Å². The Balaban J connectivity index is 1.88. The second kappa shape index (κ2) is 5.98. The van der Waals surface area contributed by atoms with Gasteiger partial charge in [-0.1, -0.05) is 11.6 Å². The molecule has 120 valence electrons. The predicted molar refractivity (Wildman–Crippen MR) is 92.4 cm³/mol. The van der Waals surface area contributed by atoms with Crippen molar-refractivity contribution in [1.29, 1.82) is 0 Å². The molecule has 0 saturated carbocycles. The van der Waals surface area contributed by atoms with E-state index in [9.17, 15) is 0 Å². The molecule has 5 nitrogen and oxygen atoms in total. The summed E-state index contributed by atoms with van der Waals surface area (Å²) in [5.41, 5.74) is 4.38. The normalized spacial score (nSPS) is 17.0. The van der Waals surface area contributed by atoms with Crippen LogP contribution in [0.4, 0.5) is 11.5 Å². The zero-order valence-electron chi connectivity index (χ0n) is 13.1. The van der Waals surface area contributed by atoms with E-state index in [2.05, 4.69) is 10.2 Å². The van der Waals surface area contributed by atoms with Crippen LogP contribution in [-0.2, 0) is 11.2 Å². The molecule has 6 heteroatoms. The van der Waals surface area contributed by atoms with Crippen LogP contribution in [0, 0.1) is 6.92 Å². The van der Waals surface area contributed by atoms with Crippen LogP contribution in [0.2, 0.25) is 5.02 Å². The number of halogens is 1. The molecule has 0 atom stereocenters. The summed E-state index contributed by atoms with van der Waals surface area (Å²) in [5.74, 6) is 1.86. The summed E-state index contributed by atoms with van der Waals surface area (Å²) in [6, 6.07) is 5.94. The molecule has 0 aliphatic carbocycles. The van der Waals surface area contributed by atoms with Crippen molar-refractivity contribution in [3.05, 3.63) is 34.6 Å². The van der Waals surface area contributed by atoms with E-state index >= 15 is 0 Å². The van der Waals surface area contributed by atoms with Crippen molar-refractivity contribution < 1.29 is 4.74 Å². The van der Waals surface area contributed by atoms with Crippen molar-refractivity contribution >= 4 is 23.1 Å². The third-order valence-electron chi connectivity index (χ3n) is 4.33. The number of fused-ring (bicyclic) bond motifs is 3. The lowest BCUT2D eigenvalue weighted by Crippen LogP contribution is -2.37. The first kappa shape index (κ1) is 14.7. The first-order valence-corrected chi connectivity index (χ1v) is 8.34. The molecular weight excluding hydrogens is 312 g/mol. The van der Waals surface area contributed by atoms with E-state index in [1.807, 2.05) is 25.1 Å². The number of morpholine rings is 1. The minimum Gasteiger partial charge on any atom is -0.384 e. The molecule has 0 amide bonds. The summed E-state index contributed by atoms with van der Waals surface area (Å²) in [4.78, 5) is 11.8. The highest BCUT2D eigenvalue weighted by Gasteiger charge is 2.24. The van der Waals surface area contributed by atoms with Crippen molar-refractivity contribution in [1.82, 2.24) is 9.97 Å². The molecule has 1 aromatic heterocycles. The number of aryl methyl sites for hydroxylation is 1. The van der Waals surface area contributed by atoms with Gasteiger partial charge in [0, 0.05) is 41.5 Å². The Kier molecular flexibility index (Phi) is 3.83. The topological polar surface area (TPSA) is 50.3 Å². The van der Waals surface area contributed by atoms with E-state index in [0.29, 0.717) is 0 Å². The molecule has 2 aliphatic rings. The van der Waals surface area contributed by atoms with E-state index in [1.165, 1.54) is 5.56 Å². The summed E-state index contributed by atoms with van der Waals surface area (Å²) >= 11 is 6.15. The van der Waals surface area contributed by atoms with Crippen LogP contribution in [0.1, 0.15) is 11.4 Å². The highest BCUT2D eigenvalue weighted by molar-refractivity contribution is 6.31.